The number of carbonyl (C=O) groups is 2. The number of ether oxygens (including phenoxy) is 2. The second-order valence-electron chi connectivity index (χ2n) is 7.10. The van der Waals surface area contributed by atoms with Gasteiger partial charge in [-0.2, -0.15) is 0 Å². The number of fused-ring (bicyclic) bond motifs is 1. The van der Waals surface area contributed by atoms with Crippen molar-refractivity contribution in [2.24, 2.45) is 11.1 Å². The van der Waals surface area contributed by atoms with Gasteiger partial charge in [0.2, 0.25) is 11.8 Å². The molecule has 0 atom stereocenters. The highest BCUT2D eigenvalue weighted by molar-refractivity contribution is 7.15. The Morgan fingerprint density at radius 1 is 1.30 bits per heavy atom. The number of nitrogens with zero attached hydrogens (tertiary/aromatic N) is 1. The monoisotopic (exact) mass is 386 g/mol. The summed E-state index contributed by atoms with van der Waals surface area (Å²) in [7, 11) is 1.61. The van der Waals surface area contributed by atoms with E-state index in [1.54, 1.807) is 23.3 Å². The van der Waals surface area contributed by atoms with E-state index in [0.717, 1.165) is 16.0 Å². The summed E-state index contributed by atoms with van der Waals surface area (Å²) >= 11 is 1.70. The zero-order valence-electron chi connectivity index (χ0n) is 15.4. The summed E-state index contributed by atoms with van der Waals surface area (Å²) in [6.07, 6.45) is 1.06. The Morgan fingerprint density at radius 2 is 2.07 bits per heavy atom. The van der Waals surface area contributed by atoms with Crippen molar-refractivity contribution in [3.05, 3.63) is 34.7 Å². The normalized spacial score (nSPS) is 17.5. The molecule has 1 aromatic carbocycles. The molecule has 0 spiro atoms. The van der Waals surface area contributed by atoms with Crippen molar-refractivity contribution in [1.82, 2.24) is 4.90 Å². The van der Waals surface area contributed by atoms with Gasteiger partial charge in [0, 0.05) is 21.9 Å². The van der Waals surface area contributed by atoms with Crippen LogP contribution < -0.4 is 15.2 Å². The number of nitrogens with two attached hydrogens (primary N) is 1. The van der Waals surface area contributed by atoms with Crippen LogP contribution in [0.4, 0.5) is 0 Å². The third-order valence-corrected chi connectivity index (χ3v) is 6.31. The van der Waals surface area contributed by atoms with Crippen LogP contribution >= 0.6 is 11.3 Å². The van der Waals surface area contributed by atoms with E-state index in [1.807, 2.05) is 12.1 Å². The Kier molecular flexibility index (Phi) is 4.34. The molecule has 0 radical (unpaired) electrons. The highest BCUT2D eigenvalue weighted by Gasteiger charge is 2.57. The third-order valence-electron chi connectivity index (χ3n) is 5.26. The Morgan fingerprint density at radius 3 is 2.67 bits per heavy atom. The lowest BCUT2D eigenvalue weighted by Crippen LogP contribution is -2.43. The maximum atomic E-state index is 12.9. The van der Waals surface area contributed by atoms with Crippen LogP contribution in [0.1, 0.15) is 23.3 Å². The SMILES string of the molecule is COc1cc(-c2ccc(C)s2)cc2c1OCCN(C(=O)C1(C(N)=O)CC1)C2. The van der Waals surface area contributed by atoms with Crippen molar-refractivity contribution >= 4 is 23.2 Å². The Bertz CT molecular complexity index is 917. The average Bonchev–Trinajstić information content (AvgIpc) is 3.40. The summed E-state index contributed by atoms with van der Waals surface area (Å²) in [5.74, 6) is 0.591. The number of benzene rings is 1. The molecule has 6 nitrogen and oxygen atoms in total. The number of aryl methyl sites for hydroxylation is 1. The number of rotatable bonds is 4. The van der Waals surface area contributed by atoms with Crippen LogP contribution in [0.5, 0.6) is 11.5 Å². The van der Waals surface area contributed by atoms with E-state index in [2.05, 4.69) is 19.1 Å². The first-order chi connectivity index (χ1) is 12.9. The van der Waals surface area contributed by atoms with Crippen LogP contribution in [0.2, 0.25) is 0 Å². The van der Waals surface area contributed by atoms with E-state index in [9.17, 15) is 9.59 Å². The maximum absolute atomic E-state index is 12.9. The van der Waals surface area contributed by atoms with E-state index >= 15 is 0 Å². The average molecular weight is 386 g/mol. The molecule has 2 N–H and O–H groups in total. The Balaban J connectivity index is 1.71. The second-order valence-corrected chi connectivity index (χ2v) is 8.39. The molecule has 2 aliphatic rings. The molecule has 142 valence electrons. The molecule has 2 heterocycles. The molecule has 1 aromatic heterocycles. The minimum Gasteiger partial charge on any atom is -0.493 e. The van der Waals surface area contributed by atoms with Gasteiger partial charge in [-0.3, -0.25) is 9.59 Å². The lowest BCUT2D eigenvalue weighted by atomic mass is 10.0. The summed E-state index contributed by atoms with van der Waals surface area (Å²) in [4.78, 5) is 28.7. The fraction of sp³-hybridized carbons (Fsp3) is 0.400. The smallest absolute Gasteiger partial charge is 0.238 e. The zero-order chi connectivity index (χ0) is 19.2. The van der Waals surface area contributed by atoms with Gasteiger partial charge in [-0.1, -0.05) is 0 Å². The summed E-state index contributed by atoms with van der Waals surface area (Å²) in [5, 5.41) is 0. The van der Waals surface area contributed by atoms with Gasteiger partial charge in [-0.25, -0.2) is 0 Å². The molecule has 1 fully saturated rings. The molecule has 0 unspecified atom stereocenters. The lowest BCUT2D eigenvalue weighted by Gasteiger charge is -2.24. The molecule has 2 amide bonds. The number of hydrogen-bond donors (Lipinski definition) is 1. The van der Waals surface area contributed by atoms with E-state index in [0.29, 0.717) is 44.0 Å². The van der Waals surface area contributed by atoms with Gasteiger partial charge in [0.05, 0.1) is 13.7 Å². The van der Waals surface area contributed by atoms with Gasteiger partial charge in [0.25, 0.3) is 0 Å². The molecule has 27 heavy (non-hydrogen) atoms. The number of primary amides is 1. The summed E-state index contributed by atoms with van der Waals surface area (Å²) in [5.41, 5.74) is 6.37. The first kappa shape index (κ1) is 17.9. The number of thiophene rings is 1. The molecule has 2 aromatic rings. The predicted octanol–water partition coefficient (Wildman–Crippen LogP) is 2.72. The van der Waals surface area contributed by atoms with Gasteiger partial charge < -0.3 is 20.1 Å². The van der Waals surface area contributed by atoms with Crippen LogP contribution in [0.3, 0.4) is 0 Å². The van der Waals surface area contributed by atoms with Crippen molar-refractivity contribution in [1.29, 1.82) is 0 Å². The van der Waals surface area contributed by atoms with E-state index in [4.69, 9.17) is 15.2 Å². The summed E-state index contributed by atoms with van der Waals surface area (Å²) < 4.78 is 11.5. The predicted molar refractivity (Wildman–Crippen MR) is 103 cm³/mol. The van der Waals surface area contributed by atoms with Gasteiger partial charge >= 0.3 is 0 Å². The molecule has 1 saturated carbocycles. The van der Waals surface area contributed by atoms with Gasteiger partial charge in [-0.15, -0.1) is 11.3 Å². The summed E-state index contributed by atoms with van der Waals surface area (Å²) in [6, 6.07) is 8.16. The third kappa shape index (κ3) is 3.06. The zero-order valence-corrected chi connectivity index (χ0v) is 16.2. The van der Waals surface area contributed by atoms with Crippen molar-refractivity contribution in [3.63, 3.8) is 0 Å². The fourth-order valence-corrected chi connectivity index (χ4v) is 4.39. The van der Waals surface area contributed by atoms with Gasteiger partial charge in [0.1, 0.15) is 12.0 Å². The number of hydrogen-bond acceptors (Lipinski definition) is 5. The van der Waals surface area contributed by atoms with Crippen LogP contribution in [0, 0.1) is 12.3 Å². The minimum absolute atomic E-state index is 0.192. The van der Waals surface area contributed by atoms with Crippen LogP contribution in [0.25, 0.3) is 10.4 Å². The highest BCUT2D eigenvalue weighted by atomic mass is 32.1. The van der Waals surface area contributed by atoms with Crippen LogP contribution in [-0.2, 0) is 16.1 Å². The van der Waals surface area contributed by atoms with E-state index in [-0.39, 0.29) is 5.91 Å². The van der Waals surface area contributed by atoms with Crippen molar-refractivity contribution in [2.75, 3.05) is 20.3 Å². The van der Waals surface area contributed by atoms with Crippen molar-refractivity contribution in [3.8, 4) is 21.9 Å². The lowest BCUT2D eigenvalue weighted by molar-refractivity contribution is -0.143. The fourth-order valence-electron chi connectivity index (χ4n) is 3.53. The first-order valence-corrected chi connectivity index (χ1v) is 9.76. The van der Waals surface area contributed by atoms with Gasteiger partial charge in [-0.05, 0) is 49.6 Å². The molecule has 0 saturated heterocycles. The molecule has 1 aliphatic carbocycles. The molecular formula is C20H22N2O4S. The molecule has 4 rings (SSSR count). The number of methoxy groups -OCH3 is 1. The number of amides is 2. The largest absolute Gasteiger partial charge is 0.493 e. The Labute approximate surface area is 161 Å². The number of carbonyl (C=O) groups excluding carboxylic acids is 2. The standard InChI is InChI=1S/C20H22N2O4S/c1-12-3-4-16(27-12)13-9-14-11-22(19(24)20(5-6-20)18(21)23)7-8-26-17(14)15(10-13)25-2/h3-4,9-10H,5-8,11H2,1-2H3,(H2,21,23). The molecule has 0 bridgehead atoms. The molecular weight excluding hydrogens is 364 g/mol. The quantitative estimate of drug-likeness (QED) is 0.819. The van der Waals surface area contributed by atoms with E-state index < -0.39 is 11.3 Å². The van der Waals surface area contributed by atoms with Crippen LogP contribution in [-0.4, -0.2) is 37.0 Å². The van der Waals surface area contributed by atoms with E-state index in [1.165, 1.54) is 4.88 Å². The van der Waals surface area contributed by atoms with Gasteiger partial charge in [0.15, 0.2) is 11.5 Å². The van der Waals surface area contributed by atoms with Crippen LogP contribution in [0.15, 0.2) is 24.3 Å². The van der Waals surface area contributed by atoms with Crippen molar-refractivity contribution < 1.29 is 19.1 Å². The maximum Gasteiger partial charge on any atom is 0.238 e. The topological polar surface area (TPSA) is 81.9 Å². The Hall–Kier alpha value is -2.54. The second kappa shape index (κ2) is 6.56. The summed E-state index contributed by atoms with van der Waals surface area (Å²) in [6.45, 7) is 3.20. The molecule has 1 aliphatic heterocycles. The van der Waals surface area contributed by atoms with Crippen molar-refractivity contribution in [2.45, 2.75) is 26.3 Å². The minimum atomic E-state index is -1.02. The first-order valence-electron chi connectivity index (χ1n) is 8.94. The molecule has 7 heteroatoms. The highest BCUT2D eigenvalue weighted by Crippen LogP contribution is 2.48.